The summed E-state index contributed by atoms with van der Waals surface area (Å²) < 4.78 is 6.98. The largest absolute Gasteiger partial charge is 0.494 e. The Labute approximate surface area is 164 Å². The Bertz CT molecular complexity index is 835. The molecule has 2 amide bonds. The number of rotatable bonds is 7. The van der Waals surface area contributed by atoms with Crippen molar-refractivity contribution < 1.29 is 14.3 Å². The number of hydrogen-bond acceptors (Lipinski definition) is 5. The van der Waals surface area contributed by atoms with Gasteiger partial charge in [-0.1, -0.05) is 12.1 Å². The number of hydrogen-bond donors (Lipinski definition) is 2. The molecule has 0 saturated carbocycles. The van der Waals surface area contributed by atoms with E-state index in [0.717, 1.165) is 18.5 Å². The maximum Gasteiger partial charge on any atom is 0.254 e. The Hall–Kier alpha value is -2.87. The van der Waals surface area contributed by atoms with Gasteiger partial charge in [0.05, 0.1) is 18.9 Å². The summed E-state index contributed by atoms with van der Waals surface area (Å²) in [6, 6.07) is 7.95. The highest BCUT2D eigenvalue weighted by molar-refractivity contribution is 5.93. The molecule has 2 atom stereocenters. The normalized spacial score (nSPS) is 19.4. The second-order valence-corrected chi connectivity index (χ2v) is 6.98. The van der Waals surface area contributed by atoms with E-state index in [0.29, 0.717) is 24.3 Å². The van der Waals surface area contributed by atoms with Gasteiger partial charge in [-0.2, -0.15) is 5.10 Å². The fourth-order valence-corrected chi connectivity index (χ4v) is 3.60. The van der Waals surface area contributed by atoms with E-state index in [1.54, 1.807) is 31.2 Å². The second-order valence-electron chi connectivity index (χ2n) is 6.98. The zero-order chi connectivity index (χ0) is 20.1. The average molecular weight is 385 g/mol. The van der Waals surface area contributed by atoms with Crippen LogP contribution < -0.4 is 15.4 Å². The summed E-state index contributed by atoms with van der Waals surface area (Å²) in [5.41, 5.74) is 1.27. The van der Waals surface area contributed by atoms with Gasteiger partial charge in [0.15, 0.2) is 0 Å². The monoisotopic (exact) mass is 385 g/mol. The SMILES string of the molecule is CNC(=O)C[C@H]1CC[C@@H](CNC(=O)c2cnn(-c3ccccc3OC)c2)N1C. The van der Waals surface area contributed by atoms with E-state index in [4.69, 9.17) is 4.74 Å². The van der Waals surface area contributed by atoms with E-state index < -0.39 is 0 Å². The fraction of sp³-hybridized carbons (Fsp3) is 0.450. The van der Waals surface area contributed by atoms with E-state index in [2.05, 4.69) is 20.6 Å². The van der Waals surface area contributed by atoms with Crippen LogP contribution in [0.4, 0.5) is 0 Å². The number of aromatic nitrogens is 2. The van der Waals surface area contributed by atoms with Crippen molar-refractivity contribution in [1.82, 2.24) is 25.3 Å². The van der Waals surface area contributed by atoms with E-state index >= 15 is 0 Å². The van der Waals surface area contributed by atoms with Crippen molar-refractivity contribution in [3.63, 3.8) is 0 Å². The Balaban J connectivity index is 1.58. The van der Waals surface area contributed by atoms with Crippen LogP contribution in [-0.2, 0) is 4.79 Å². The number of nitrogens with one attached hydrogen (secondary N) is 2. The van der Waals surface area contributed by atoms with Crippen LogP contribution in [-0.4, -0.2) is 66.3 Å². The maximum absolute atomic E-state index is 12.5. The molecule has 3 rings (SSSR count). The highest BCUT2D eigenvalue weighted by atomic mass is 16.5. The molecule has 0 bridgehead atoms. The van der Waals surface area contributed by atoms with Crippen LogP contribution in [0.5, 0.6) is 5.75 Å². The zero-order valence-electron chi connectivity index (χ0n) is 16.5. The molecular formula is C20H27N5O3. The smallest absolute Gasteiger partial charge is 0.254 e. The molecular weight excluding hydrogens is 358 g/mol. The Morgan fingerprint density at radius 2 is 2.00 bits per heavy atom. The fourth-order valence-electron chi connectivity index (χ4n) is 3.60. The maximum atomic E-state index is 12.5. The summed E-state index contributed by atoms with van der Waals surface area (Å²) in [5, 5.41) is 9.94. The number of para-hydroxylation sites is 2. The third-order valence-corrected chi connectivity index (χ3v) is 5.36. The summed E-state index contributed by atoms with van der Waals surface area (Å²) in [6.07, 6.45) is 5.65. The van der Waals surface area contributed by atoms with Crippen LogP contribution in [0.1, 0.15) is 29.6 Å². The van der Waals surface area contributed by atoms with Crippen molar-refractivity contribution in [3.8, 4) is 11.4 Å². The van der Waals surface area contributed by atoms with Crippen molar-refractivity contribution in [2.45, 2.75) is 31.3 Å². The number of nitrogens with zero attached hydrogens (tertiary/aromatic N) is 3. The minimum atomic E-state index is -0.163. The molecule has 150 valence electrons. The van der Waals surface area contributed by atoms with Crippen LogP contribution in [0.2, 0.25) is 0 Å². The van der Waals surface area contributed by atoms with Gasteiger partial charge in [0.1, 0.15) is 11.4 Å². The number of carbonyl (C=O) groups excluding carboxylic acids is 2. The molecule has 0 unspecified atom stereocenters. The number of ether oxygens (including phenoxy) is 1. The second kappa shape index (κ2) is 8.88. The lowest BCUT2D eigenvalue weighted by atomic mass is 10.1. The molecule has 2 heterocycles. The van der Waals surface area contributed by atoms with Crippen molar-refractivity contribution in [2.24, 2.45) is 0 Å². The summed E-state index contributed by atoms with van der Waals surface area (Å²) >= 11 is 0. The molecule has 8 nitrogen and oxygen atoms in total. The van der Waals surface area contributed by atoms with Gasteiger partial charge in [-0.25, -0.2) is 4.68 Å². The van der Waals surface area contributed by atoms with Crippen molar-refractivity contribution in [3.05, 3.63) is 42.2 Å². The molecule has 2 aromatic rings. The first-order valence-corrected chi connectivity index (χ1v) is 9.42. The number of likely N-dealkylation sites (N-methyl/N-ethyl adjacent to an activating group) is 1. The number of benzene rings is 1. The molecule has 1 aromatic carbocycles. The third kappa shape index (κ3) is 4.33. The summed E-state index contributed by atoms with van der Waals surface area (Å²) in [6.45, 7) is 0.541. The summed E-state index contributed by atoms with van der Waals surface area (Å²) in [7, 11) is 5.27. The molecule has 2 N–H and O–H groups in total. The standard InChI is InChI=1S/C20H27N5O3/c1-21-19(26)10-15-8-9-16(24(15)2)12-22-20(27)14-11-23-25(13-14)17-6-4-5-7-18(17)28-3/h4-7,11,13,15-16H,8-10,12H2,1-3H3,(H,21,26)(H,22,27)/t15-,16+/m1/s1. The highest BCUT2D eigenvalue weighted by Crippen LogP contribution is 2.24. The van der Waals surface area contributed by atoms with E-state index in [9.17, 15) is 9.59 Å². The van der Waals surface area contributed by atoms with E-state index in [1.807, 2.05) is 31.3 Å². The Morgan fingerprint density at radius 3 is 2.75 bits per heavy atom. The molecule has 28 heavy (non-hydrogen) atoms. The predicted molar refractivity (Wildman–Crippen MR) is 106 cm³/mol. The molecule has 1 aromatic heterocycles. The topological polar surface area (TPSA) is 88.5 Å². The van der Waals surface area contributed by atoms with Crippen LogP contribution >= 0.6 is 0 Å². The van der Waals surface area contributed by atoms with Gasteiger partial charge in [0, 0.05) is 38.3 Å². The molecule has 1 fully saturated rings. The number of methoxy groups -OCH3 is 1. The lowest BCUT2D eigenvalue weighted by Gasteiger charge is -2.25. The molecule has 1 aliphatic heterocycles. The molecule has 0 aliphatic carbocycles. The lowest BCUT2D eigenvalue weighted by molar-refractivity contribution is -0.121. The van der Waals surface area contributed by atoms with Gasteiger partial charge in [0.2, 0.25) is 5.91 Å². The zero-order valence-corrected chi connectivity index (χ0v) is 16.5. The first-order chi connectivity index (χ1) is 13.5. The number of carbonyl (C=O) groups is 2. The Morgan fingerprint density at radius 1 is 1.25 bits per heavy atom. The van der Waals surface area contributed by atoms with Gasteiger partial charge in [-0.05, 0) is 32.0 Å². The highest BCUT2D eigenvalue weighted by Gasteiger charge is 2.31. The van der Waals surface area contributed by atoms with Gasteiger partial charge >= 0.3 is 0 Å². The number of amides is 2. The molecule has 0 radical (unpaired) electrons. The minimum absolute atomic E-state index is 0.0466. The van der Waals surface area contributed by atoms with Crippen LogP contribution in [0.15, 0.2) is 36.7 Å². The van der Waals surface area contributed by atoms with Gasteiger partial charge in [0.25, 0.3) is 5.91 Å². The third-order valence-electron chi connectivity index (χ3n) is 5.36. The van der Waals surface area contributed by atoms with Crippen molar-refractivity contribution >= 4 is 11.8 Å². The molecule has 0 spiro atoms. The van der Waals surface area contributed by atoms with E-state index in [-0.39, 0.29) is 23.9 Å². The predicted octanol–water partition coefficient (Wildman–Crippen LogP) is 1.21. The van der Waals surface area contributed by atoms with Crippen molar-refractivity contribution in [1.29, 1.82) is 0 Å². The lowest BCUT2D eigenvalue weighted by Crippen LogP contribution is -2.42. The summed E-state index contributed by atoms with van der Waals surface area (Å²) in [5.74, 6) is 0.571. The first kappa shape index (κ1) is 19.9. The molecule has 8 heteroatoms. The van der Waals surface area contributed by atoms with Crippen LogP contribution in [0.3, 0.4) is 0 Å². The van der Waals surface area contributed by atoms with E-state index in [1.165, 1.54) is 0 Å². The van der Waals surface area contributed by atoms with Gasteiger partial charge < -0.3 is 15.4 Å². The quantitative estimate of drug-likeness (QED) is 0.748. The van der Waals surface area contributed by atoms with Gasteiger partial charge in [-0.3, -0.25) is 14.5 Å². The van der Waals surface area contributed by atoms with Crippen LogP contribution in [0.25, 0.3) is 5.69 Å². The minimum Gasteiger partial charge on any atom is -0.494 e. The summed E-state index contributed by atoms with van der Waals surface area (Å²) in [4.78, 5) is 26.3. The molecule has 1 saturated heterocycles. The first-order valence-electron chi connectivity index (χ1n) is 9.42. The van der Waals surface area contributed by atoms with Crippen molar-refractivity contribution in [2.75, 3.05) is 27.7 Å². The Kier molecular flexibility index (Phi) is 6.30. The van der Waals surface area contributed by atoms with Gasteiger partial charge in [-0.15, -0.1) is 0 Å². The average Bonchev–Trinajstić information content (AvgIpc) is 3.34. The number of likely N-dealkylation sites (tertiary alicyclic amines) is 1. The van der Waals surface area contributed by atoms with Crippen LogP contribution in [0, 0.1) is 0 Å². The molecule has 1 aliphatic rings.